The van der Waals surface area contributed by atoms with Crippen LogP contribution in [-0.2, 0) is 26.2 Å². The zero-order chi connectivity index (χ0) is 24.9. The average molecular weight is 486 g/mol. The molecule has 0 saturated heterocycles. The lowest BCUT2D eigenvalue weighted by atomic mass is 10.1. The first-order valence-electron chi connectivity index (χ1n) is 11.7. The van der Waals surface area contributed by atoms with Crippen LogP contribution in [0.25, 0.3) is 0 Å². The van der Waals surface area contributed by atoms with E-state index in [1.54, 1.807) is 25.1 Å². The molecule has 0 aliphatic heterocycles. The molecule has 1 N–H and O–H groups in total. The number of carbonyl (C=O) groups is 2. The zero-order valence-electron chi connectivity index (χ0n) is 20.5. The maximum absolute atomic E-state index is 13.6. The number of hydrogen-bond donors (Lipinski definition) is 1. The molecule has 0 aromatic heterocycles. The van der Waals surface area contributed by atoms with Crippen molar-refractivity contribution in [2.45, 2.75) is 65.1 Å². The quantitative estimate of drug-likeness (QED) is 0.589. The van der Waals surface area contributed by atoms with Crippen molar-refractivity contribution >= 4 is 27.5 Å². The monoisotopic (exact) mass is 485 g/mol. The van der Waals surface area contributed by atoms with E-state index in [4.69, 9.17) is 0 Å². The molecule has 184 valence electrons. The van der Waals surface area contributed by atoms with Gasteiger partial charge in [0.2, 0.25) is 21.8 Å². The van der Waals surface area contributed by atoms with Crippen LogP contribution >= 0.6 is 0 Å². The summed E-state index contributed by atoms with van der Waals surface area (Å²) in [5.41, 5.74) is 3.28. The molecule has 2 aromatic carbocycles. The second-order valence-electron chi connectivity index (χ2n) is 9.28. The van der Waals surface area contributed by atoms with E-state index in [-0.39, 0.29) is 25.0 Å². The Morgan fingerprint density at radius 2 is 1.68 bits per heavy atom. The Balaban J connectivity index is 1.87. The molecule has 7 nitrogen and oxygen atoms in total. The Kier molecular flexibility index (Phi) is 8.36. The molecule has 1 fully saturated rings. The van der Waals surface area contributed by atoms with Crippen molar-refractivity contribution in [1.82, 2.24) is 10.2 Å². The number of carbonyl (C=O) groups excluding carboxylic acids is 2. The van der Waals surface area contributed by atoms with Gasteiger partial charge in [0, 0.05) is 12.6 Å². The fourth-order valence-electron chi connectivity index (χ4n) is 4.26. The van der Waals surface area contributed by atoms with Gasteiger partial charge in [-0.05, 0) is 56.9 Å². The highest BCUT2D eigenvalue weighted by atomic mass is 32.2. The number of benzene rings is 2. The standard InChI is InChI=1S/C26H35N3O4S/c1-19-12-14-22(15-13-19)17-28(21(3)26(31)27-23-9-5-6-10-23)25(30)18-29(34(4,32)33)24-11-7-8-20(2)16-24/h7-8,11-16,21,23H,5-6,9-10,17-18H2,1-4H3,(H,27,31). The highest BCUT2D eigenvalue weighted by molar-refractivity contribution is 7.92. The minimum absolute atomic E-state index is 0.131. The molecule has 0 heterocycles. The molecule has 3 rings (SSSR count). The van der Waals surface area contributed by atoms with E-state index in [2.05, 4.69) is 5.32 Å². The van der Waals surface area contributed by atoms with Crippen molar-refractivity contribution < 1.29 is 18.0 Å². The van der Waals surface area contributed by atoms with Gasteiger partial charge in [0.05, 0.1) is 11.9 Å². The van der Waals surface area contributed by atoms with E-state index in [9.17, 15) is 18.0 Å². The molecule has 0 spiro atoms. The van der Waals surface area contributed by atoms with Crippen molar-refractivity contribution in [3.8, 4) is 0 Å². The SMILES string of the molecule is Cc1ccc(CN(C(=O)CN(c2cccc(C)c2)S(C)(=O)=O)C(C)C(=O)NC2CCCC2)cc1. The summed E-state index contributed by atoms with van der Waals surface area (Å²) in [6.45, 7) is 5.38. The van der Waals surface area contributed by atoms with Gasteiger partial charge in [-0.25, -0.2) is 8.42 Å². The maximum Gasteiger partial charge on any atom is 0.244 e. The average Bonchev–Trinajstić information content (AvgIpc) is 3.28. The van der Waals surface area contributed by atoms with Gasteiger partial charge in [-0.2, -0.15) is 0 Å². The molecule has 0 bridgehead atoms. The summed E-state index contributed by atoms with van der Waals surface area (Å²) in [6, 6.07) is 14.2. The molecule has 1 aliphatic rings. The summed E-state index contributed by atoms with van der Waals surface area (Å²) in [5.74, 6) is -0.643. The normalized spacial score (nSPS) is 15.1. The minimum Gasteiger partial charge on any atom is -0.352 e. The first kappa shape index (κ1) is 25.7. The molecule has 1 saturated carbocycles. The largest absolute Gasteiger partial charge is 0.352 e. The lowest BCUT2D eigenvalue weighted by molar-refractivity contribution is -0.139. The van der Waals surface area contributed by atoms with Crippen LogP contribution in [0.4, 0.5) is 5.69 Å². The van der Waals surface area contributed by atoms with Gasteiger partial charge in [-0.15, -0.1) is 0 Å². The fourth-order valence-corrected chi connectivity index (χ4v) is 5.10. The minimum atomic E-state index is -3.72. The number of nitrogens with one attached hydrogen (secondary N) is 1. The molecule has 1 atom stereocenters. The predicted octanol–water partition coefficient (Wildman–Crippen LogP) is 3.55. The first-order chi connectivity index (χ1) is 16.0. The molecule has 1 aliphatic carbocycles. The molecular formula is C26H35N3O4S. The van der Waals surface area contributed by atoms with Crippen LogP contribution in [0.15, 0.2) is 48.5 Å². The van der Waals surface area contributed by atoms with Crippen LogP contribution in [0.1, 0.15) is 49.3 Å². The summed E-state index contributed by atoms with van der Waals surface area (Å²) >= 11 is 0. The third-order valence-corrected chi connectivity index (χ3v) is 7.45. The summed E-state index contributed by atoms with van der Waals surface area (Å²) in [7, 11) is -3.72. The number of rotatable bonds is 9. The van der Waals surface area contributed by atoms with Crippen LogP contribution in [0.3, 0.4) is 0 Å². The summed E-state index contributed by atoms with van der Waals surface area (Å²) < 4.78 is 26.3. The van der Waals surface area contributed by atoms with Crippen molar-refractivity contribution in [2.75, 3.05) is 17.1 Å². The Bertz CT molecular complexity index is 1110. The van der Waals surface area contributed by atoms with E-state index in [0.717, 1.165) is 52.9 Å². The third-order valence-electron chi connectivity index (χ3n) is 6.31. The lowest BCUT2D eigenvalue weighted by Gasteiger charge is -2.32. The van der Waals surface area contributed by atoms with Gasteiger partial charge >= 0.3 is 0 Å². The predicted molar refractivity (Wildman–Crippen MR) is 135 cm³/mol. The Hall–Kier alpha value is -2.87. The summed E-state index contributed by atoms with van der Waals surface area (Å²) in [5, 5.41) is 3.07. The number of nitrogens with zero attached hydrogens (tertiary/aromatic N) is 2. The highest BCUT2D eigenvalue weighted by Crippen LogP contribution is 2.21. The maximum atomic E-state index is 13.6. The van der Waals surface area contributed by atoms with E-state index < -0.39 is 22.0 Å². The molecule has 0 radical (unpaired) electrons. The van der Waals surface area contributed by atoms with E-state index >= 15 is 0 Å². The van der Waals surface area contributed by atoms with Crippen molar-refractivity contribution in [3.05, 3.63) is 65.2 Å². The van der Waals surface area contributed by atoms with Gasteiger partial charge in [-0.3, -0.25) is 13.9 Å². The molecule has 1 unspecified atom stereocenters. The summed E-state index contributed by atoms with van der Waals surface area (Å²) in [6.07, 6.45) is 5.15. The zero-order valence-corrected chi connectivity index (χ0v) is 21.3. The van der Waals surface area contributed by atoms with Gasteiger partial charge in [0.1, 0.15) is 12.6 Å². The molecule has 2 amide bonds. The lowest BCUT2D eigenvalue weighted by Crippen LogP contribution is -2.52. The molecule has 2 aromatic rings. The number of sulfonamides is 1. The number of hydrogen-bond acceptors (Lipinski definition) is 4. The van der Waals surface area contributed by atoms with Gasteiger partial charge in [-0.1, -0.05) is 54.8 Å². The number of anilines is 1. The van der Waals surface area contributed by atoms with Crippen LogP contribution in [0, 0.1) is 13.8 Å². The van der Waals surface area contributed by atoms with Gasteiger partial charge in [0.15, 0.2) is 0 Å². The summed E-state index contributed by atoms with van der Waals surface area (Å²) in [4.78, 5) is 28.1. The second-order valence-corrected chi connectivity index (χ2v) is 11.2. The van der Waals surface area contributed by atoms with Crippen molar-refractivity contribution in [1.29, 1.82) is 0 Å². The Labute approximate surface area is 203 Å². The van der Waals surface area contributed by atoms with E-state index in [0.29, 0.717) is 5.69 Å². The smallest absolute Gasteiger partial charge is 0.244 e. The Morgan fingerprint density at radius 3 is 2.26 bits per heavy atom. The molecule has 34 heavy (non-hydrogen) atoms. The van der Waals surface area contributed by atoms with Gasteiger partial charge < -0.3 is 10.2 Å². The number of aryl methyl sites for hydroxylation is 2. The van der Waals surface area contributed by atoms with E-state index in [1.807, 2.05) is 44.2 Å². The molecule has 8 heteroatoms. The van der Waals surface area contributed by atoms with Crippen LogP contribution in [0.2, 0.25) is 0 Å². The van der Waals surface area contributed by atoms with Crippen LogP contribution < -0.4 is 9.62 Å². The highest BCUT2D eigenvalue weighted by Gasteiger charge is 2.31. The molecular weight excluding hydrogens is 450 g/mol. The van der Waals surface area contributed by atoms with Crippen LogP contribution in [-0.4, -0.2) is 50.0 Å². The topological polar surface area (TPSA) is 86.8 Å². The van der Waals surface area contributed by atoms with E-state index in [1.165, 1.54) is 4.90 Å². The van der Waals surface area contributed by atoms with Crippen LogP contribution in [0.5, 0.6) is 0 Å². The second kappa shape index (κ2) is 11.0. The van der Waals surface area contributed by atoms with Crippen molar-refractivity contribution in [3.63, 3.8) is 0 Å². The number of amides is 2. The fraction of sp³-hybridized carbons (Fsp3) is 0.462. The first-order valence-corrected chi connectivity index (χ1v) is 13.6. The Morgan fingerprint density at radius 1 is 1.03 bits per heavy atom. The van der Waals surface area contributed by atoms with Crippen molar-refractivity contribution in [2.24, 2.45) is 0 Å². The van der Waals surface area contributed by atoms with Gasteiger partial charge in [0.25, 0.3) is 0 Å². The third kappa shape index (κ3) is 6.82.